The van der Waals surface area contributed by atoms with Crippen molar-refractivity contribution in [2.24, 2.45) is 0 Å². The maximum atomic E-state index is 12.3. The van der Waals surface area contributed by atoms with Gasteiger partial charge in [0.05, 0.1) is 19.8 Å². The first-order valence-electron chi connectivity index (χ1n) is 7.84. The molecule has 1 amide bonds. The van der Waals surface area contributed by atoms with Gasteiger partial charge >= 0.3 is 0 Å². The van der Waals surface area contributed by atoms with Crippen LogP contribution in [0, 0.1) is 13.8 Å². The Bertz CT molecular complexity index is 727. The Morgan fingerprint density at radius 1 is 1.25 bits per heavy atom. The van der Waals surface area contributed by atoms with E-state index in [9.17, 15) is 4.79 Å². The van der Waals surface area contributed by atoms with E-state index in [4.69, 9.17) is 14.2 Å². The van der Waals surface area contributed by atoms with Crippen LogP contribution >= 0.6 is 0 Å². The molecule has 24 heavy (non-hydrogen) atoms. The lowest BCUT2D eigenvalue weighted by Crippen LogP contribution is -2.39. The van der Waals surface area contributed by atoms with E-state index in [2.05, 4.69) is 10.3 Å². The molecule has 1 aromatic heterocycles. The Morgan fingerprint density at radius 3 is 2.92 bits per heavy atom. The molecule has 1 fully saturated rings. The van der Waals surface area contributed by atoms with Crippen molar-refractivity contribution in [1.82, 2.24) is 4.98 Å². The molecule has 0 radical (unpaired) electrons. The smallest absolute Gasteiger partial charge is 0.256 e. The van der Waals surface area contributed by atoms with E-state index in [0.29, 0.717) is 30.5 Å². The summed E-state index contributed by atoms with van der Waals surface area (Å²) in [5.74, 6) is 0.784. The van der Waals surface area contributed by atoms with E-state index >= 15 is 0 Å². The predicted molar refractivity (Wildman–Crippen MR) is 89.4 cm³/mol. The summed E-state index contributed by atoms with van der Waals surface area (Å²) in [7, 11) is 0. The summed E-state index contributed by atoms with van der Waals surface area (Å²) in [4.78, 5) is 16.5. The van der Waals surface area contributed by atoms with Gasteiger partial charge in [-0.05, 0) is 43.2 Å². The van der Waals surface area contributed by atoms with Crippen molar-refractivity contribution in [3.63, 3.8) is 0 Å². The Morgan fingerprint density at radius 2 is 2.12 bits per heavy atom. The van der Waals surface area contributed by atoms with Crippen molar-refractivity contribution in [1.29, 1.82) is 0 Å². The number of rotatable bonds is 4. The first-order chi connectivity index (χ1) is 11.6. The van der Waals surface area contributed by atoms with Crippen molar-refractivity contribution >= 4 is 11.6 Å². The minimum Gasteiger partial charge on any atom is -0.437 e. The fourth-order valence-electron chi connectivity index (χ4n) is 2.36. The molecule has 0 bridgehead atoms. The molecule has 126 valence electrons. The number of nitrogens with one attached hydrogen (secondary N) is 1. The number of pyridine rings is 1. The molecule has 0 spiro atoms. The highest BCUT2D eigenvalue weighted by molar-refractivity contribution is 5.95. The van der Waals surface area contributed by atoms with E-state index in [0.717, 1.165) is 11.1 Å². The van der Waals surface area contributed by atoms with Crippen molar-refractivity contribution in [2.45, 2.75) is 20.0 Å². The van der Waals surface area contributed by atoms with Gasteiger partial charge in [0.2, 0.25) is 5.88 Å². The normalized spacial score (nSPS) is 17.3. The zero-order valence-electron chi connectivity index (χ0n) is 13.7. The maximum Gasteiger partial charge on any atom is 0.256 e. The minimum absolute atomic E-state index is 0.249. The van der Waals surface area contributed by atoms with Crippen LogP contribution in [0.1, 0.15) is 11.1 Å². The average molecular weight is 328 g/mol. The first kappa shape index (κ1) is 16.4. The highest BCUT2D eigenvalue weighted by atomic mass is 16.6. The Labute approximate surface area is 140 Å². The summed E-state index contributed by atoms with van der Waals surface area (Å²) in [6.07, 6.45) is 1.00. The zero-order chi connectivity index (χ0) is 16.9. The summed E-state index contributed by atoms with van der Waals surface area (Å²) in [6.45, 7) is 5.18. The van der Waals surface area contributed by atoms with Crippen LogP contribution in [0.15, 0.2) is 36.5 Å². The van der Waals surface area contributed by atoms with Gasteiger partial charge in [-0.3, -0.25) is 4.79 Å². The summed E-state index contributed by atoms with van der Waals surface area (Å²) in [6, 6.07) is 9.30. The lowest BCUT2D eigenvalue weighted by atomic mass is 10.1. The molecule has 6 heteroatoms. The van der Waals surface area contributed by atoms with Crippen molar-refractivity contribution < 1.29 is 19.0 Å². The van der Waals surface area contributed by atoms with Crippen molar-refractivity contribution in [3.8, 4) is 11.6 Å². The highest BCUT2D eigenvalue weighted by Gasteiger charge is 2.24. The monoisotopic (exact) mass is 328 g/mol. The Balaban J connectivity index is 1.77. The maximum absolute atomic E-state index is 12.3. The Kier molecular flexibility index (Phi) is 5.08. The molecule has 1 N–H and O–H groups in total. The molecule has 0 saturated carbocycles. The number of aryl methyl sites for hydroxylation is 1. The number of carbonyl (C=O) groups excluding carboxylic acids is 1. The summed E-state index contributed by atoms with van der Waals surface area (Å²) in [5.41, 5.74) is 2.66. The minimum atomic E-state index is -0.618. The quantitative estimate of drug-likeness (QED) is 0.934. The number of ether oxygens (including phenoxy) is 3. The van der Waals surface area contributed by atoms with Crippen molar-refractivity contribution in [2.75, 3.05) is 25.1 Å². The second-order valence-corrected chi connectivity index (χ2v) is 5.58. The average Bonchev–Trinajstić information content (AvgIpc) is 2.61. The molecule has 2 aromatic rings. The van der Waals surface area contributed by atoms with E-state index in [1.165, 1.54) is 0 Å². The molecule has 1 saturated heterocycles. The largest absolute Gasteiger partial charge is 0.437 e. The lowest BCUT2D eigenvalue weighted by Gasteiger charge is -2.22. The third-order valence-electron chi connectivity index (χ3n) is 3.90. The zero-order valence-corrected chi connectivity index (χ0v) is 13.7. The van der Waals surface area contributed by atoms with Gasteiger partial charge in [-0.25, -0.2) is 4.98 Å². The van der Waals surface area contributed by atoms with Crippen LogP contribution in [0.3, 0.4) is 0 Å². The predicted octanol–water partition coefficient (Wildman–Crippen LogP) is 2.84. The molecule has 1 aromatic carbocycles. The molecule has 6 nitrogen and oxygen atoms in total. The summed E-state index contributed by atoms with van der Waals surface area (Å²) in [5, 5.41) is 2.80. The summed E-state index contributed by atoms with van der Waals surface area (Å²) >= 11 is 0. The molecule has 2 heterocycles. The van der Waals surface area contributed by atoms with E-state index < -0.39 is 6.10 Å². The molecule has 1 aliphatic heterocycles. The SMILES string of the molecule is Cc1cccc(Oc2ncccc2NC(=O)[C@@H]2COCCO2)c1C. The lowest BCUT2D eigenvalue weighted by molar-refractivity contribution is -0.142. The Hall–Kier alpha value is -2.44. The fraction of sp³-hybridized carbons (Fsp3) is 0.333. The van der Waals surface area contributed by atoms with Gasteiger partial charge < -0.3 is 19.5 Å². The molecular weight excluding hydrogens is 308 g/mol. The number of hydrogen-bond donors (Lipinski definition) is 1. The van der Waals surface area contributed by atoms with E-state index in [1.807, 2.05) is 32.0 Å². The van der Waals surface area contributed by atoms with Crippen LogP contribution in [0.2, 0.25) is 0 Å². The van der Waals surface area contributed by atoms with Gasteiger partial charge in [-0.2, -0.15) is 0 Å². The van der Waals surface area contributed by atoms with Crippen LogP contribution in [0.5, 0.6) is 11.6 Å². The summed E-state index contributed by atoms with van der Waals surface area (Å²) < 4.78 is 16.6. The van der Waals surface area contributed by atoms with Crippen LogP contribution in [-0.4, -0.2) is 36.8 Å². The van der Waals surface area contributed by atoms with E-state index in [-0.39, 0.29) is 12.5 Å². The van der Waals surface area contributed by atoms with Crippen LogP contribution in [-0.2, 0) is 14.3 Å². The first-order valence-corrected chi connectivity index (χ1v) is 7.84. The number of amides is 1. The van der Waals surface area contributed by atoms with Gasteiger partial charge in [-0.15, -0.1) is 0 Å². The van der Waals surface area contributed by atoms with Gasteiger partial charge in [-0.1, -0.05) is 12.1 Å². The van der Waals surface area contributed by atoms with Gasteiger partial charge in [0.15, 0.2) is 6.10 Å². The molecule has 0 unspecified atom stereocenters. The number of aromatic nitrogens is 1. The number of carbonyl (C=O) groups is 1. The second-order valence-electron chi connectivity index (χ2n) is 5.58. The van der Waals surface area contributed by atoms with Gasteiger partial charge in [0.1, 0.15) is 11.4 Å². The third-order valence-corrected chi connectivity index (χ3v) is 3.90. The molecule has 1 atom stereocenters. The standard InChI is InChI=1S/C18H20N2O4/c1-12-5-3-7-15(13(12)2)24-18-14(6-4-8-19-18)20-17(21)16-11-22-9-10-23-16/h3-8,16H,9-11H2,1-2H3,(H,20,21)/t16-/m0/s1. The molecule has 1 aliphatic rings. The topological polar surface area (TPSA) is 69.7 Å². The fourth-order valence-corrected chi connectivity index (χ4v) is 2.36. The van der Waals surface area contributed by atoms with Crippen molar-refractivity contribution in [3.05, 3.63) is 47.7 Å². The third kappa shape index (κ3) is 3.72. The van der Waals surface area contributed by atoms with Crippen LogP contribution in [0.4, 0.5) is 5.69 Å². The number of hydrogen-bond acceptors (Lipinski definition) is 5. The number of anilines is 1. The highest BCUT2D eigenvalue weighted by Crippen LogP contribution is 2.30. The number of benzene rings is 1. The molecule has 3 rings (SSSR count). The second kappa shape index (κ2) is 7.42. The van der Waals surface area contributed by atoms with Gasteiger partial charge in [0, 0.05) is 6.20 Å². The van der Waals surface area contributed by atoms with Gasteiger partial charge in [0.25, 0.3) is 5.91 Å². The molecule has 0 aliphatic carbocycles. The number of nitrogens with zero attached hydrogens (tertiary/aromatic N) is 1. The van der Waals surface area contributed by atoms with E-state index in [1.54, 1.807) is 18.3 Å². The van der Waals surface area contributed by atoms with Crippen LogP contribution < -0.4 is 10.1 Å². The van der Waals surface area contributed by atoms with Crippen LogP contribution in [0.25, 0.3) is 0 Å². The molecular formula is C18H20N2O4.